The van der Waals surface area contributed by atoms with Crippen molar-refractivity contribution in [3.8, 4) is 11.5 Å². The zero-order valence-corrected chi connectivity index (χ0v) is 18.4. The molecule has 6 heteroatoms. The van der Waals surface area contributed by atoms with Crippen molar-refractivity contribution in [1.82, 2.24) is 0 Å². The van der Waals surface area contributed by atoms with Gasteiger partial charge < -0.3 is 14.8 Å². The summed E-state index contributed by atoms with van der Waals surface area (Å²) in [5.74, 6) is 0.313. The van der Waals surface area contributed by atoms with Crippen molar-refractivity contribution in [1.29, 1.82) is 0 Å². The maximum atomic E-state index is 13.6. The zero-order valence-electron chi connectivity index (χ0n) is 18.4. The second-order valence-corrected chi connectivity index (χ2v) is 7.60. The topological polar surface area (TPSA) is 67.9 Å². The predicted octanol–water partition coefficient (Wildman–Crippen LogP) is 4.72. The number of anilines is 2. The number of rotatable bonds is 6. The van der Waals surface area contributed by atoms with E-state index in [1.165, 1.54) is 4.90 Å². The van der Waals surface area contributed by atoms with Gasteiger partial charge in [0.25, 0.3) is 11.8 Å². The molecule has 0 aromatic heterocycles. The summed E-state index contributed by atoms with van der Waals surface area (Å²) in [6.45, 7) is 3.88. The van der Waals surface area contributed by atoms with Gasteiger partial charge in [-0.3, -0.25) is 9.59 Å². The Balaban J connectivity index is 1.86. The SMILES string of the molecule is COc1ccc(OC)c(NC2=C(c3ccccc3)C(=O)N(c3cc(C)cc(C)c3)C2=O)c1. The molecule has 0 unspecified atom stereocenters. The van der Waals surface area contributed by atoms with Gasteiger partial charge in [-0.2, -0.15) is 0 Å². The van der Waals surface area contributed by atoms with Gasteiger partial charge in [0.2, 0.25) is 0 Å². The molecule has 1 N–H and O–H groups in total. The lowest BCUT2D eigenvalue weighted by Crippen LogP contribution is -2.32. The highest BCUT2D eigenvalue weighted by Gasteiger charge is 2.40. The lowest BCUT2D eigenvalue weighted by atomic mass is 10.0. The lowest BCUT2D eigenvalue weighted by Gasteiger charge is -2.17. The van der Waals surface area contributed by atoms with Crippen molar-refractivity contribution >= 4 is 28.8 Å². The van der Waals surface area contributed by atoms with Crippen LogP contribution in [0, 0.1) is 13.8 Å². The number of aryl methyl sites for hydroxylation is 2. The largest absolute Gasteiger partial charge is 0.497 e. The number of hydrogen-bond donors (Lipinski definition) is 1. The second kappa shape index (κ2) is 8.59. The van der Waals surface area contributed by atoms with E-state index >= 15 is 0 Å². The van der Waals surface area contributed by atoms with Crippen molar-refractivity contribution in [3.05, 3.63) is 89.1 Å². The van der Waals surface area contributed by atoms with Crippen LogP contribution < -0.4 is 19.7 Å². The van der Waals surface area contributed by atoms with Crippen LogP contribution in [0.2, 0.25) is 0 Å². The number of hydrogen-bond acceptors (Lipinski definition) is 5. The van der Waals surface area contributed by atoms with Crippen LogP contribution in [0.1, 0.15) is 16.7 Å². The number of benzene rings is 3. The molecule has 1 heterocycles. The Morgan fingerprint density at radius 3 is 2.09 bits per heavy atom. The normalized spacial score (nSPS) is 13.6. The molecular weight excluding hydrogens is 404 g/mol. The molecule has 0 aliphatic carbocycles. The standard InChI is InChI=1S/C26H24N2O4/c1-16-12-17(2)14-19(13-16)28-25(29)23(18-8-6-5-7-9-18)24(26(28)30)27-21-15-20(31-3)10-11-22(21)32-4/h5-15,27H,1-4H3. The summed E-state index contributed by atoms with van der Waals surface area (Å²) < 4.78 is 10.8. The molecule has 0 fully saturated rings. The fraction of sp³-hybridized carbons (Fsp3) is 0.154. The van der Waals surface area contributed by atoms with E-state index in [0.717, 1.165) is 11.1 Å². The Bertz CT molecular complexity index is 1210. The Hall–Kier alpha value is -4.06. The first-order chi connectivity index (χ1) is 15.4. The van der Waals surface area contributed by atoms with Gasteiger partial charge in [0.1, 0.15) is 17.2 Å². The monoisotopic (exact) mass is 428 g/mol. The number of ether oxygens (including phenoxy) is 2. The van der Waals surface area contributed by atoms with Gasteiger partial charge in [0.05, 0.1) is 31.2 Å². The van der Waals surface area contributed by atoms with Crippen LogP contribution >= 0.6 is 0 Å². The zero-order chi connectivity index (χ0) is 22.8. The smallest absolute Gasteiger partial charge is 0.282 e. The summed E-state index contributed by atoms with van der Waals surface area (Å²) in [5.41, 5.74) is 4.16. The minimum atomic E-state index is -0.427. The van der Waals surface area contributed by atoms with E-state index in [1.807, 2.05) is 62.4 Å². The number of imide groups is 1. The highest BCUT2D eigenvalue weighted by Crippen LogP contribution is 2.37. The summed E-state index contributed by atoms with van der Waals surface area (Å²) in [5, 5.41) is 3.16. The maximum Gasteiger partial charge on any atom is 0.282 e. The van der Waals surface area contributed by atoms with Crippen LogP contribution in [0.15, 0.2) is 72.4 Å². The van der Waals surface area contributed by atoms with Gasteiger partial charge in [-0.15, -0.1) is 0 Å². The Morgan fingerprint density at radius 2 is 1.47 bits per heavy atom. The van der Waals surface area contributed by atoms with E-state index in [9.17, 15) is 9.59 Å². The molecule has 3 aromatic rings. The summed E-state index contributed by atoms with van der Waals surface area (Å²) in [6.07, 6.45) is 0. The molecule has 0 radical (unpaired) electrons. The fourth-order valence-corrected chi connectivity index (χ4v) is 3.88. The van der Waals surface area contributed by atoms with E-state index in [1.54, 1.807) is 32.4 Å². The molecule has 0 bridgehead atoms. The van der Waals surface area contributed by atoms with E-state index in [-0.39, 0.29) is 11.6 Å². The summed E-state index contributed by atoms with van der Waals surface area (Å²) >= 11 is 0. The average Bonchev–Trinajstić information content (AvgIpc) is 3.02. The summed E-state index contributed by atoms with van der Waals surface area (Å²) in [7, 11) is 3.11. The van der Waals surface area contributed by atoms with E-state index in [4.69, 9.17) is 9.47 Å². The van der Waals surface area contributed by atoms with Gasteiger partial charge in [0, 0.05) is 6.07 Å². The van der Waals surface area contributed by atoms with Crippen LogP contribution in [0.5, 0.6) is 11.5 Å². The number of amides is 2. The molecule has 0 spiro atoms. The first-order valence-electron chi connectivity index (χ1n) is 10.2. The molecule has 0 saturated heterocycles. The molecule has 6 nitrogen and oxygen atoms in total. The van der Waals surface area contributed by atoms with Crippen molar-refractivity contribution in [2.45, 2.75) is 13.8 Å². The quantitative estimate of drug-likeness (QED) is 0.576. The minimum Gasteiger partial charge on any atom is -0.497 e. The summed E-state index contributed by atoms with van der Waals surface area (Å²) in [6, 6.07) is 20.1. The molecule has 32 heavy (non-hydrogen) atoms. The van der Waals surface area contributed by atoms with Gasteiger partial charge in [-0.1, -0.05) is 36.4 Å². The van der Waals surface area contributed by atoms with Crippen LogP contribution in [0.25, 0.3) is 5.57 Å². The Labute approximate surface area is 187 Å². The first-order valence-corrected chi connectivity index (χ1v) is 10.2. The number of nitrogens with one attached hydrogen (secondary N) is 1. The Kier molecular flexibility index (Phi) is 5.69. The van der Waals surface area contributed by atoms with Crippen molar-refractivity contribution in [2.24, 2.45) is 0 Å². The average molecular weight is 428 g/mol. The van der Waals surface area contributed by atoms with Gasteiger partial charge >= 0.3 is 0 Å². The third kappa shape index (κ3) is 3.83. The predicted molar refractivity (Wildman–Crippen MR) is 125 cm³/mol. The Morgan fingerprint density at radius 1 is 0.781 bits per heavy atom. The molecule has 0 saturated carbocycles. The van der Waals surface area contributed by atoms with Crippen molar-refractivity contribution in [3.63, 3.8) is 0 Å². The van der Waals surface area contributed by atoms with E-state index in [0.29, 0.717) is 34.0 Å². The number of nitrogens with zero attached hydrogens (tertiary/aromatic N) is 1. The third-order valence-corrected chi connectivity index (χ3v) is 5.28. The maximum absolute atomic E-state index is 13.6. The van der Waals surface area contributed by atoms with Crippen LogP contribution in [0.4, 0.5) is 11.4 Å². The fourth-order valence-electron chi connectivity index (χ4n) is 3.88. The first kappa shape index (κ1) is 21.2. The van der Waals surface area contributed by atoms with Crippen LogP contribution in [-0.4, -0.2) is 26.0 Å². The van der Waals surface area contributed by atoms with E-state index < -0.39 is 5.91 Å². The second-order valence-electron chi connectivity index (χ2n) is 7.60. The van der Waals surface area contributed by atoms with E-state index in [2.05, 4.69) is 5.32 Å². The number of carbonyl (C=O) groups is 2. The molecule has 4 rings (SSSR count). The minimum absolute atomic E-state index is 0.187. The highest BCUT2D eigenvalue weighted by atomic mass is 16.5. The van der Waals surface area contributed by atoms with Crippen LogP contribution in [0.3, 0.4) is 0 Å². The molecule has 1 aliphatic heterocycles. The molecule has 3 aromatic carbocycles. The number of carbonyl (C=O) groups excluding carboxylic acids is 2. The summed E-state index contributed by atoms with van der Waals surface area (Å²) in [4.78, 5) is 28.4. The van der Waals surface area contributed by atoms with Crippen LogP contribution in [-0.2, 0) is 9.59 Å². The number of methoxy groups -OCH3 is 2. The van der Waals surface area contributed by atoms with Crippen molar-refractivity contribution in [2.75, 3.05) is 24.4 Å². The highest BCUT2D eigenvalue weighted by molar-refractivity contribution is 6.46. The van der Waals surface area contributed by atoms with Gasteiger partial charge in [-0.25, -0.2) is 4.90 Å². The third-order valence-electron chi connectivity index (χ3n) is 5.28. The molecule has 0 atom stereocenters. The molecular formula is C26H24N2O4. The van der Waals surface area contributed by atoms with Gasteiger partial charge in [-0.05, 0) is 54.8 Å². The van der Waals surface area contributed by atoms with Crippen molar-refractivity contribution < 1.29 is 19.1 Å². The molecule has 2 amide bonds. The lowest BCUT2D eigenvalue weighted by molar-refractivity contribution is -0.120. The molecule has 162 valence electrons. The van der Waals surface area contributed by atoms with Gasteiger partial charge in [0.15, 0.2) is 0 Å². The molecule has 1 aliphatic rings.